The molecule has 6 heteroatoms. The number of aliphatic imine (C=N–C) groups is 1. The fraction of sp³-hybridized carbons (Fsp3) is 0.0909. The van der Waals surface area contributed by atoms with Gasteiger partial charge in [-0.2, -0.15) is 0 Å². The van der Waals surface area contributed by atoms with Crippen molar-refractivity contribution in [2.75, 3.05) is 6.54 Å². The van der Waals surface area contributed by atoms with Crippen LogP contribution in [0.25, 0.3) is 10.9 Å². The first-order chi connectivity index (χ1) is 8.16. The molecule has 1 aromatic heterocycles. The summed E-state index contributed by atoms with van der Waals surface area (Å²) in [6, 6.07) is 7.51. The van der Waals surface area contributed by atoms with Crippen LogP contribution in [0.4, 0.5) is 0 Å². The van der Waals surface area contributed by atoms with Crippen molar-refractivity contribution in [3.63, 3.8) is 0 Å². The summed E-state index contributed by atoms with van der Waals surface area (Å²) in [6.07, 6.45) is 1.62. The maximum Gasteiger partial charge on any atom is 0.333 e. The van der Waals surface area contributed by atoms with Crippen LogP contribution in [-0.2, 0) is 4.79 Å². The monoisotopic (exact) mass is 232 g/mol. The molecule has 0 aliphatic heterocycles. The molecular weight excluding hydrogens is 220 g/mol. The van der Waals surface area contributed by atoms with Gasteiger partial charge >= 0.3 is 5.97 Å². The second kappa shape index (κ2) is 4.56. The zero-order valence-corrected chi connectivity index (χ0v) is 9.01. The van der Waals surface area contributed by atoms with Gasteiger partial charge in [-0.1, -0.05) is 12.1 Å². The number of guanidine groups is 1. The maximum absolute atomic E-state index is 11.4. The van der Waals surface area contributed by atoms with Crippen LogP contribution in [0.1, 0.15) is 0 Å². The lowest BCUT2D eigenvalue weighted by atomic mass is 10.2. The lowest BCUT2D eigenvalue weighted by molar-refractivity contribution is -0.132. The second-order valence-corrected chi connectivity index (χ2v) is 3.41. The summed E-state index contributed by atoms with van der Waals surface area (Å²) in [4.78, 5) is 18.0. The normalized spacial score (nSPS) is 10.1. The molecule has 0 spiro atoms. The van der Waals surface area contributed by atoms with Crippen molar-refractivity contribution in [2.24, 2.45) is 16.5 Å². The number of H-pyrrole nitrogens is 1. The van der Waals surface area contributed by atoms with Crippen molar-refractivity contribution in [3.05, 3.63) is 30.5 Å². The Labute approximate surface area is 97.3 Å². The van der Waals surface area contributed by atoms with Gasteiger partial charge in [0, 0.05) is 17.1 Å². The first kappa shape index (κ1) is 11.0. The zero-order valence-electron chi connectivity index (χ0n) is 9.01. The number of nitrogens with zero attached hydrogens (tertiary/aromatic N) is 1. The van der Waals surface area contributed by atoms with Gasteiger partial charge < -0.3 is 21.2 Å². The molecule has 88 valence electrons. The number of carbonyl (C=O) groups excluding carboxylic acids is 1. The highest BCUT2D eigenvalue weighted by molar-refractivity contribution is 5.89. The third kappa shape index (κ3) is 2.54. The molecular formula is C11H12N4O2. The molecule has 0 radical (unpaired) electrons. The lowest BCUT2D eigenvalue weighted by Crippen LogP contribution is -2.25. The first-order valence-corrected chi connectivity index (χ1v) is 4.99. The first-order valence-electron chi connectivity index (χ1n) is 4.99. The van der Waals surface area contributed by atoms with Gasteiger partial charge in [0.15, 0.2) is 11.7 Å². The number of hydrogen-bond acceptors (Lipinski definition) is 3. The van der Waals surface area contributed by atoms with Gasteiger partial charge in [-0.3, -0.25) is 0 Å². The van der Waals surface area contributed by atoms with Crippen LogP contribution in [0.3, 0.4) is 0 Å². The number of aromatic amines is 1. The topological polar surface area (TPSA) is 106 Å². The molecule has 1 aromatic carbocycles. The van der Waals surface area contributed by atoms with E-state index in [0.717, 1.165) is 10.9 Å². The van der Waals surface area contributed by atoms with Gasteiger partial charge in [0.25, 0.3) is 0 Å². The predicted octanol–water partition coefficient (Wildman–Crippen LogP) is 0.347. The standard InChI is InChI=1S/C11H12N4O2/c12-11(13)15-6-10(16)17-9-5-14-8-4-2-1-3-7(8)9/h1-5,14H,6H2,(H4,12,13,15). The van der Waals surface area contributed by atoms with Crippen LogP contribution in [0.5, 0.6) is 5.75 Å². The van der Waals surface area contributed by atoms with Gasteiger partial charge in [0.2, 0.25) is 0 Å². The van der Waals surface area contributed by atoms with E-state index in [-0.39, 0.29) is 12.5 Å². The average molecular weight is 232 g/mol. The summed E-state index contributed by atoms with van der Waals surface area (Å²) in [5.41, 5.74) is 11.1. The molecule has 0 fully saturated rings. The molecule has 5 N–H and O–H groups in total. The van der Waals surface area contributed by atoms with Crippen LogP contribution < -0.4 is 16.2 Å². The Morgan fingerprint density at radius 2 is 2.12 bits per heavy atom. The average Bonchev–Trinajstić information content (AvgIpc) is 2.70. The molecule has 0 unspecified atom stereocenters. The Morgan fingerprint density at radius 3 is 2.88 bits per heavy atom. The molecule has 0 aliphatic rings. The number of carbonyl (C=O) groups is 1. The van der Waals surface area contributed by atoms with Crippen LogP contribution in [0.2, 0.25) is 0 Å². The molecule has 6 nitrogen and oxygen atoms in total. The number of rotatable bonds is 3. The molecule has 0 saturated carbocycles. The Morgan fingerprint density at radius 1 is 1.35 bits per heavy atom. The number of benzene rings is 1. The highest BCUT2D eigenvalue weighted by Gasteiger charge is 2.08. The molecule has 1 heterocycles. The van der Waals surface area contributed by atoms with E-state index in [9.17, 15) is 4.79 Å². The molecule has 2 rings (SSSR count). The fourth-order valence-electron chi connectivity index (χ4n) is 1.44. The van der Waals surface area contributed by atoms with E-state index in [1.807, 2.05) is 24.3 Å². The van der Waals surface area contributed by atoms with Gasteiger partial charge in [-0.25, -0.2) is 9.79 Å². The van der Waals surface area contributed by atoms with Crippen LogP contribution in [-0.4, -0.2) is 23.5 Å². The number of nitrogens with two attached hydrogens (primary N) is 2. The number of fused-ring (bicyclic) bond motifs is 1. The van der Waals surface area contributed by atoms with Crippen molar-refractivity contribution in [3.8, 4) is 5.75 Å². The van der Waals surface area contributed by atoms with E-state index in [1.165, 1.54) is 0 Å². The molecule has 2 aromatic rings. The number of ether oxygens (including phenoxy) is 1. The van der Waals surface area contributed by atoms with E-state index in [0.29, 0.717) is 5.75 Å². The SMILES string of the molecule is NC(N)=NCC(=O)Oc1c[nH]c2ccccc12. The molecule has 0 amide bonds. The van der Waals surface area contributed by atoms with Crippen molar-refractivity contribution in [1.82, 2.24) is 4.98 Å². The van der Waals surface area contributed by atoms with E-state index < -0.39 is 5.97 Å². The third-order valence-corrected chi connectivity index (χ3v) is 2.17. The van der Waals surface area contributed by atoms with Crippen LogP contribution in [0, 0.1) is 0 Å². The van der Waals surface area contributed by atoms with Gasteiger partial charge in [0.05, 0.1) is 0 Å². The van der Waals surface area contributed by atoms with Crippen molar-refractivity contribution >= 4 is 22.8 Å². The highest BCUT2D eigenvalue weighted by atomic mass is 16.5. The van der Waals surface area contributed by atoms with E-state index in [2.05, 4.69) is 9.98 Å². The van der Waals surface area contributed by atoms with Gasteiger partial charge in [-0.05, 0) is 12.1 Å². The van der Waals surface area contributed by atoms with E-state index in [4.69, 9.17) is 16.2 Å². The Bertz CT molecular complexity index is 570. The van der Waals surface area contributed by atoms with Crippen LogP contribution in [0.15, 0.2) is 35.5 Å². The summed E-state index contributed by atoms with van der Waals surface area (Å²) in [5.74, 6) is -0.180. The number of esters is 1. The summed E-state index contributed by atoms with van der Waals surface area (Å²) in [7, 11) is 0. The predicted molar refractivity (Wildman–Crippen MR) is 64.6 cm³/mol. The second-order valence-electron chi connectivity index (χ2n) is 3.41. The minimum atomic E-state index is -0.511. The Balaban J connectivity index is 2.13. The van der Waals surface area contributed by atoms with E-state index in [1.54, 1.807) is 6.20 Å². The number of nitrogens with one attached hydrogen (secondary N) is 1. The Hall–Kier alpha value is -2.50. The third-order valence-electron chi connectivity index (χ3n) is 2.17. The lowest BCUT2D eigenvalue weighted by Gasteiger charge is -2.00. The molecule has 0 bridgehead atoms. The Kier molecular flexibility index (Phi) is 2.95. The maximum atomic E-state index is 11.4. The quantitative estimate of drug-likeness (QED) is 0.403. The summed E-state index contributed by atoms with van der Waals surface area (Å²) >= 11 is 0. The van der Waals surface area contributed by atoms with Gasteiger partial charge in [-0.15, -0.1) is 0 Å². The summed E-state index contributed by atoms with van der Waals surface area (Å²) in [5, 5.41) is 0.838. The molecule has 17 heavy (non-hydrogen) atoms. The summed E-state index contributed by atoms with van der Waals surface area (Å²) in [6.45, 7) is -0.193. The number of aromatic nitrogens is 1. The number of hydrogen-bond donors (Lipinski definition) is 3. The molecule has 0 aliphatic carbocycles. The zero-order chi connectivity index (χ0) is 12.3. The minimum Gasteiger partial charge on any atom is -0.423 e. The van der Waals surface area contributed by atoms with Crippen molar-refractivity contribution in [2.45, 2.75) is 0 Å². The van der Waals surface area contributed by atoms with Crippen LogP contribution >= 0.6 is 0 Å². The van der Waals surface area contributed by atoms with Gasteiger partial charge in [0.1, 0.15) is 6.54 Å². The summed E-state index contributed by atoms with van der Waals surface area (Å²) < 4.78 is 5.13. The number of para-hydroxylation sites is 1. The molecule has 0 saturated heterocycles. The van der Waals surface area contributed by atoms with Crippen molar-refractivity contribution < 1.29 is 9.53 Å². The largest absolute Gasteiger partial charge is 0.423 e. The van der Waals surface area contributed by atoms with E-state index >= 15 is 0 Å². The smallest absolute Gasteiger partial charge is 0.333 e. The fourth-order valence-corrected chi connectivity index (χ4v) is 1.44. The van der Waals surface area contributed by atoms with Crippen molar-refractivity contribution in [1.29, 1.82) is 0 Å². The minimum absolute atomic E-state index is 0.138. The highest BCUT2D eigenvalue weighted by Crippen LogP contribution is 2.24. The molecule has 0 atom stereocenters.